The fourth-order valence-corrected chi connectivity index (χ4v) is 1.95. The Kier molecular flexibility index (Phi) is 5.35. The first-order valence-corrected chi connectivity index (χ1v) is 6.94. The maximum atomic E-state index is 8.72. The number of aliphatic hydroxyl groups excluding tert-OH is 1. The average molecular weight is 285 g/mol. The Morgan fingerprint density at radius 3 is 2.95 bits per heavy atom. The van der Waals surface area contributed by atoms with Crippen LogP contribution in [0.25, 0.3) is 0 Å². The monoisotopic (exact) mass is 285 g/mol. The molecule has 5 heteroatoms. The molecule has 0 spiro atoms. The Labute approximate surface area is 124 Å². The maximum absolute atomic E-state index is 8.72. The number of aromatic nitrogens is 3. The van der Waals surface area contributed by atoms with E-state index in [1.807, 2.05) is 29.8 Å². The highest BCUT2D eigenvalue weighted by Crippen LogP contribution is 2.17. The number of nitrogens with zero attached hydrogens (tertiary/aromatic N) is 3. The first-order valence-electron chi connectivity index (χ1n) is 6.94. The molecule has 1 N–H and O–H groups in total. The van der Waals surface area contributed by atoms with Crippen molar-refractivity contribution >= 4 is 0 Å². The van der Waals surface area contributed by atoms with E-state index in [4.69, 9.17) is 9.84 Å². The molecule has 0 atom stereocenters. The third kappa shape index (κ3) is 4.07. The van der Waals surface area contributed by atoms with Crippen LogP contribution in [0, 0.1) is 18.8 Å². The van der Waals surface area contributed by atoms with Gasteiger partial charge in [-0.25, -0.2) is 9.67 Å². The van der Waals surface area contributed by atoms with E-state index in [0.29, 0.717) is 6.61 Å². The van der Waals surface area contributed by atoms with Gasteiger partial charge in [-0.2, -0.15) is 5.10 Å². The van der Waals surface area contributed by atoms with Crippen LogP contribution in [-0.2, 0) is 13.2 Å². The molecular weight excluding hydrogens is 266 g/mol. The SMILES string of the molecule is CCCn1ncnc1COc1ccc(C#CCO)c(C)c1. The van der Waals surface area contributed by atoms with E-state index in [0.717, 1.165) is 35.7 Å². The maximum Gasteiger partial charge on any atom is 0.164 e. The summed E-state index contributed by atoms with van der Waals surface area (Å²) in [5, 5.41) is 12.9. The second kappa shape index (κ2) is 7.46. The van der Waals surface area contributed by atoms with Gasteiger partial charge in [0.1, 0.15) is 25.3 Å². The third-order valence-electron chi connectivity index (χ3n) is 3.00. The lowest BCUT2D eigenvalue weighted by atomic mass is 10.1. The standard InChI is InChI=1S/C16H19N3O2/c1-3-8-19-16(17-12-18-19)11-21-15-7-6-14(5-4-9-20)13(2)10-15/h6-7,10,12,20H,3,8-9,11H2,1-2H3. The number of benzene rings is 1. The molecule has 5 nitrogen and oxygen atoms in total. The predicted octanol–water partition coefficient (Wildman–Crippen LogP) is 1.92. The molecule has 0 amide bonds. The summed E-state index contributed by atoms with van der Waals surface area (Å²) in [5.74, 6) is 7.14. The van der Waals surface area contributed by atoms with Gasteiger partial charge in [-0.1, -0.05) is 18.8 Å². The molecule has 0 aliphatic heterocycles. The summed E-state index contributed by atoms with van der Waals surface area (Å²) in [7, 11) is 0. The second-order valence-electron chi connectivity index (χ2n) is 4.62. The first-order chi connectivity index (χ1) is 10.2. The topological polar surface area (TPSA) is 60.2 Å². The van der Waals surface area contributed by atoms with Gasteiger partial charge in [0.25, 0.3) is 0 Å². The number of hydrogen-bond acceptors (Lipinski definition) is 4. The molecule has 0 unspecified atom stereocenters. The molecule has 0 saturated carbocycles. The van der Waals surface area contributed by atoms with Crippen molar-refractivity contribution in [2.75, 3.05) is 6.61 Å². The minimum Gasteiger partial charge on any atom is -0.486 e. The van der Waals surface area contributed by atoms with Crippen molar-refractivity contribution < 1.29 is 9.84 Å². The quantitative estimate of drug-likeness (QED) is 0.853. The highest BCUT2D eigenvalue weighted by atomic mass is 16.5. The van der Waals surface area contributed by atoms with E-state index in [-0.39, 0.29) is 6.61 Å². The molecule has 21 heavy (non-hydrogen) atoms. The summed E-state index contributed by atoms with van der Waals surface area (Å²) in [6, 6.07) is 5.70. The number of rotatable bonds is 5. The second-order valence-corrected chi connectivity index (χ2v) is 4.62. The van der Waals surface area contributed by atoms with Crippen molar-refractivity contribution in [2.24, 2.45) is 0 Å². The zero-order valence-electron chi connectivity index (χ0n) is 12.3. The zero-order valence-corrected chi connectivity index (χ0v) is 12.3. The van der Waals surface area contributed by atoms with Crippen molar-refractivity contribution in [2.45, 2.75) is 33.4 Å². The highest BCUT2D eigenvalue weighted by Gasteiger charge is 2.05. The molecule has 0 aliphatic carbocycles. The first kappa shape index (κ1) is 15.1. The van der Waals surface area contributed by atoms with Gasteiger partial charge in [-0.15, -0.1) is 0 Å². The van der Waals surface area contributed by atoms with E-state index in [1.165, 1.54) is 0 Å². The molecule has 1 aromatic carbocycles. The smallest absolute Gasteiger partial charge is 0.164 e. The van der Waals surface area contributed by atoms with Crippen molar-refractivity contribution in [3.05, 3.63) is 41.5 Å². The van der Waals surface area contributed by atoms with Crippen molar-refractivity contribution in [1.82, 2.24) is 14.8 Å². The molecule has 2 aromatic rings. The molecule has 110 valence electrons. The van der Waals surface area contributed by atoms with Gasteiger partial charge < -0.3 is 9.84 Å². The van der Waals surface area contributed by atoms with Gasteiger partial charge in [0.2, 0.25) is 0 Å². The Hall–Kier alpha value is -2.32. The van der Waals surface area contributed by atoms with Crippen LogP contribution in [-0.4, -0.2) is 26.5 Å². The van der Waals surface area contributed by atoms with E-state index in [9.17, 15) is 0 Å². The number of aliphatic hydroxyl groups is 1. The van der Waals surface area contributed by atoms with Crippen molar-refractivity contribution in [3.8, 4) is 17.6 Å². The molecule has 1 aromatic heterocycles. The average Bonchev–Trinajstić information content (AvgIpc) is 2.92. The molecule has 2 rings (SSSR count). The van der Waals surface area contributed by atoms with E-state index in [1.54, 1.807) is 6.33 Å². The van der Waals surface area contributed by atoms with Crippen LogP contribution in [0.2, 0.25) is 0 Å². The fourth-order valence-electron chi connectivity index (χ4n) is 1.95. The molecular formula is C16H19N3O2. The number of aryl methyl sites for hydroxylation is 2. The van der Waals surface area contributed by atoms with Crippen LogP contribution >= 0.6 is 0 Å². The van der Waals surface area contributed by atoms with E-state index >= 15 is 0 Å². The highest BCUT2D eigenvalue weighted by molar-refractivity contribution is 5.44. The van der Waals surface area contributed by atoms with Gasteiger partial charge in [0.15, 0.2) is 5.82 Å². The van der Waals surface area contributed by atoms with Gasteiger partial charge in [0, 0.05) is 12.1 Å². The van der Waals surface area contributed by atoms with Crippen molar-refractivity contribution in [1.29, 1.82) is 0 Å². The lowest BCUT2D eigenvalue weighted by Crippen LogP contribution is -2.08. The van der Waals surface area contributed by atoms with Gasteiger partial charge in [-0.05, 0) is 37.1 Å². The molecule has 0 radical (unpaired) electrons. The predicted molar refractivity (Wildman–Crippen MR) is 79.8 cm³/mol. The van der Waals surface area contributed by atoms with Crippen LogP contribution < -0.4 is 4.74 Å². The lowest BCUT2D eigenvalue weighted by molar-refractivity contribution is 0.286. The van der Waals surface area contributed by atoms with Crippen LogP contribution in [0.1, 0.15) is 30.3 Å². The normalized spacial score (nSPS) is 10.0. The zero-order chi connectivity index (χ0) is 15.1. The van der Waals surface area contributed by atoms with Crippen molar-refractivity contribution in [3.63, 3.8) is 0 Å². The van der Waals surface area contributed by atoms with Crippen LogP contribution in [0.5, 0.6) is 5.75 Å². The Bertz CT molecular complexity index is 653. The summed E-state index contributed by atoms with van der Waals surface area (Å²) < 4.78 is 7.61. The fraction of sp³-hybridized carbons (Fsp3) is 0.375. The molecule has 0 aliphatic rings. The van der Waals surface area contributed by atoms with Crippen LogP contribution in [0.4, 0.5) is 0 Å². The largest absolute Gasteiger partial charge is 0.486 e. The van der Waals surface area contributed by atoms with E-state index in [2.05, 4.69) is 28.8 Å². The Morgan fingerprint density at radius 2 is 2.24 bits per heavy atom. The Morgan fingerprint density at radius 1 is 1.38 bits per heavy atom. The summed E-state index contributed by atoms with van der Waals surface area (Å²) >= 11 is 0. The number of ether oxygens (including phenoxy) is 1. The minimum atomic E-state index is -0.134. The van der Waals surface area contributed by atoms with Gasteiger partial charge >= 0.3 is 0 Å². The van der Waals surface area contributed by atoms with Gasteiger partial charge in [0.05, 0.1) is 0 Å². The van der Waals surface area contributed by atoms with Gasteiger partial charge in [-0.3, -0.25) is 0 Å². The molecule has 0 bridgehead atoms. The van der Waals surface area contributed by atoms with Crippen LogP contribution in [0.3, 0.4) is 0 Å². The molecule has 0 saturated heterocycles. The minimum absolute atomic E-state index is 0.134. The lowest BCUT2D eigenvalue weighted by Gasteiger charge is -2.08. The Balaban J connectivity index is 2.03. The third-order valence-corrected chi connectivity index (χ3v) is 3.00. The molecule has 1 heterocycles. The summed E-state index contributed by atoms with van der Waals surface area (Å²) in [4.78, 5) is 4.21. The molecule has 0 fully saturated rings. The number of hydrogen-bond donors (Lipinski definition) is 1. The van der Waals surface area contributed by atoms with E-state index < -0.39 is 0 Å². The summed E-state index contributed by atoms with van der Waals surface area (Å²) in [5.41, 5.74) is 1.91. The van der Waals surface area contributed by atoms with Crippen LogP contribution in [0.15, 0.2) is 24.5 Å². The summed E-state index contributed by atoms with van der Waals surface area (Å²) in [6.45, 7) is 5.16. The summed E-state index contributed by atoms with van der Waals surface area (Å²) in [6.07, 6.45) is 2.56.